The predicted molar refractivity (Wildman–Crippen MR) is 50.2 cm³/mol. The highest BCUT2D eigenvalue weighted by Crippen LogP contribution is 2.28. The molecule has 1 aliphatic heterocycles. The Balaban J connectivity index is 2.32. The number of fused-ring (bicyclic) bond motifs is 1. The van der Waals surface area contributed by atoms with E-state index in [0.29, 0.717) is 0 Å². The largest absolute Gasteiger partial charge is 0.471 e. The number of hydrogen-bond donors (Lipinski definition) is 1. The fraction of sp³-hybridized carbons (Fsp3) is 0.200. The summed E-state index contributed by atoms with van der Waals surface area (Å²) in [6, 6.07) is 1.98. The molecule has 0 aromatic heterocycles. The summed E-state index contributed by atoms with van der Waals surface area (Å²) in [6.07, 6.45) is -5.11. The number of halogens is 4. The molecule has 0 unspecified atom stereocenters. The number of benzene rings is 1. The molecule has 0 spiro atoms. The van der Waals surface area contributed by atoms with Crippen LogP contribution in [0, 0.1) is 5.82 Å². The molecule has 1 N–H and O–H groups in total. The van der Waals surface area contributed by atoms with E-state index in [9.17, 15) is 27.2 Å². The molecule has 2 rings (SSSR count). The minimum absolute atomic E-state index is 0.0579. The molecule has 8 heteroatoms. The van der Waals surface area contributed by atoms with Gasteiger partial charge in [-0.2, -0.15) is 13.2 Å². The predicted octanol–water partition coefficient (Wildman–Crippen LogP) is 2.00. The van der Waals surface area contributed by atoms with Crippen LogP contribution in [0.5, 0.6) is 0 Å². The zero-order valence-electron chi connectivity index (χ0n) is 8.60. The van der Waals surface area contributed by atoms with Gasteiger partial charge >= 0.3 is 18.1 Å². The van der Waals surface area contributed by atoms with Gasteiger partial charge in [0.15, 0.2) is 5.82 Å². The maximum Gasteiger partial charge on any atom is 0.471 e. The normalized spacial score (nSPS) is 14.1. The van der Waals surface area contributed by atoms with Gasteiger partial charge in [-0.15, -0.1) is 0 Å². The maximum atomic E-state index is 13.7. The van der Waals surface area contributed by atoms with Gasteiger partial charge in [0.2, 0.25) is 0 Å². The first kappa shape index (κ1) is 12.3. The maximum absolute atomic E-state index is 13.7. The van der Waals surface area contributed by atoms with Gasteiger partial charge in [-0.3, -0.25) is 4.79 Å². The number of amides is 1. The van der Waals surface area contributed by atoms with Crippen LogP contribution < -0.4 is 5.32 Å². The van der Waals surface area contributed by atoms with Crippen LogP contribution in [0.15, 0.2) is 12.1 Å². The lowest BCUT2D eigenvalue weighted by atomic mass is 10.1. The van der Waals surface area contributed by atoms with Crippen molar-refractivity contribution in [3.8, 4) is 0 Å². The summed E-state index contributed by atoms with van der Waals surface area (Å²) >= 11 is 0. The molecular weight excluding hydrogens is 258 g/mol. The summed E-state index contributed by atoms with van der Waals surface area (Å²) in [5.41, 5.74) is -0.869. The first-order valence-electron chi connectivity index (χ1n) is 4.67. The molecule has 0 bridgehead atoms. The van der Waals surface area contributed by atoms with E-state index in [4.69, 9.17) is 0 Å². The van der Waals surface area contributed by atoms with Gasteiger partial charge < -0.3 is 10.1 Å². The van der Waals surface area contributed by atoms with Crippen molar-refractivity contribution in [3.63, 3.8) is 0 Å². The van der Waals surface area contributed by atoms with Crippen LogP contribution in [0.25, 0.3) is 0 Å². The summed E-state index contributed by atoms with van der Waals surface area (Å²) in [5, 5.41) is 1.39. The minimum atomic E-state index is -5.11. The summed E-state index contributed by atoms with van der Waals surface area (Å²) in [6.45, 7) is -0.365. The SMILES string of the molecule is O=C1OCc2c1ccc(NC(=O)C(F)(F)F)c2F. The molecule has 0 aliphatic carbocycles. The van der Waals surface area contributed by atoms with Crippen LogP contribution in [0.3, 0.4) is 0 Å². The second-order valence-corrected chi connectivity index (χ2v) is 3.48. The first-order valence-corrected chi connectivity index (χ1v) is 4.67. The molecule has 1 heterocycles. The van der Waals surface area contributed by atoms with Crippen LogP contribution in [0.4, 0.5) is 23.2 Å². The summed E-state index contributed by atoms with van der Waals surface area (Å²) in [5.74, 6) is -4.14. The van der Waals surface area contributed by atoms with Gasteiger partial charge in [-0.1, -0.05) is 0 Å². The highest BCUT2D eigenvalue weighted by molar-refractivity contribution is 5.97. The standard InChI is InChI=1S/C10H5F4NO3/c11-7-5-3-18-8(16)4(5)1-2-6(7)15-9(17)10(12,13)14/h1-2H,3H2,(H,15,17). The Morgan fingerprint density at radius 3 is 2.61 bits per heavy atom. The minimum Gasteiger partial charge on any atom is -0.457 e. The number of carbonyl (C=O) groups is 2. The number of rotatable bonds is 1. The molecule has 0 fully saturated rings. The van der Waals surface area contributed by atoms with E-state index in [1.807, 2.05) is 0 Å². The average Bonchev–Trinajstić information content (AvgIpc) is 2.64. The van der Waals surface area contributed by atoms with E-state index < -0.39 is 29.6 Å². The molecule has 18 heavy (non-hydrogen) atoms. The smallest absolute Gasteiger partial charge is 0.457 e. The molecule has 4 nitrogen and oxygen atoms in total. The van der Waals surface area contributed by atoms with E-state index in [2.05, 4.69) is 4.74 Å². The van der Waals surface area contributed by atoms with Crippen molar-refractivity contribution in [3.05, 3.63) is 29.1 Å². The highest BCUT2D eigenvalue weighted by atomic mass is 19.4. The lowest BCUT2D eigenvalue weighted by molar-refractivity contribution is -0.167. The topological polar surface area (TPSA) is 55.4 Å². The summed E-state index contributed by atoms with van der Waals surface area (Å²) < 4.78 is 54.2. The number of carbonyl (C=O) groups excluding carboxylic acids is 2. The Morgan fingerprint density at radius 1 is 1.33 bits per heavy atom. The van der Waals surface area contributed by atoms with Gasteiger partial charge in [-0.25, -0.2) is 9.18 Å². The third kappa shape index (κ3) is 2.01. The molecule has 1 amide bonds. The lowest BCUT2D eigenvalue weighted by Gasteiger charge is -2.09. The van der Waals surface area contributed by atoms with Crippen LogP contribution in [0.2, 0.25) is 0 Å². The van der Waals surface area contributed by atoms with E-state index in [1.54, 1.807) is 0 Å². The zero-order chi connectivity index (χ0) is 13.5. The van der Waals surface area contributed by atoms with Crippen LogP contribution in [-0.2, 0) is 16.1 Å². The molecule has 0 radical (unpaired) electrons. The van der Waals surface area contributed by atoms with Gasteiger partial charge in [0.05, 0.1) is 11.3 Å². The van der Waals surface area contributed by atoms with Crippen LogP contribution in [0.1, 0.15) is 15.9 Å². The van der Waals surface area contributed by atoms with E-state index in [-0.39, 0.29) is 17.7 Å². The van der Waals surface area contributed by atoms with Crippen molar-refractivity contribution >= 4 is 17.6 Å². The Bertz CT molecular complexity index is 539. The molecule has 0 saturated carbocycles. The summed E-state index contributed by atoms with van der Waals surface area (Å²) in [7, 11) is 0. The number of cyclic esters (lactones) is 1. The highest BCUT2D eigenvalue weighted by Gasteiger charge is 2.39. The van der Waals surface area contributed by atoms with E-state index in [0.717, 1.165) is 12.1 Å². The van der Waals surface area contributed by atoms with Crippen LogP contribution >= 0.6 is 0 Å². The Morgan fingerprint density at radius 2 is 2.00 bits per heavy atom. The van der Waals surface area contributed by atoms with Crippen molar-refractivity contribution in [2.75, 3.05) is 5.32 Å². The Labute approximate surface area is 97.5 Å². The molecule has 0 atom stereocenters. The Kier molecular flexibility index (Phi) is 2.72. The number of ether oxygens (including phenoxy) is 1. The molecule has 1 aliphatic rings. The monoisotopic (exact) mass is 263 g/mol. The lowest BCUT2D eigenvalue weighted by Crippen LogP contribution is -2.30. The number of anilines is 1. The molecular formula is C10H5F4NO3. The molecule has 96 valence electrons. The molecule has 1 aromatic carbocycles. The average molecular weight is 263 g/mol. The Hall–Kier alpha value is -2.12. The molecule has 0 saturated heterocycles. The zero-order valence-corrected chi connectivity index (χ0v) is 8.60. The van der Waals surface area contributed by atoms with Gasteiger partial charge in [0.25, 0.3) is 0 Å². The number of alkyl halides is 3. The second kappa shape index (κ2) is 3.97. The molecule has 1 aromatic rings. The van der Waals surface area contributed by atoms with Crippen molar-refractivity contribution < 1.29 is 31.9 Å². The third-order valence-corrected chi connectivity index (χ3v) is 2.32. The number of nitrogens with one attached hydrogen (secondary N) is 1. The van der Waals surface area contributed by atoms with Crippen molar-refractivity contribution in [2.45, 2.75) is 12.8 Å². The third-order valence-electron chi connectivity index (χ3n) is 2.32. The van der Waals surface area contributed by atoms with E-state index in [1.165, 1.54) is 5.32 Å². The fourth-order valence-corrected chi connectivity index (χ4v) is 1.46. The second-order valence-electron chi connectivity index (χ2n) is 3.48. The van der Waals surface area contributed by atoms with Crippen molar-refractivity contribution in [1.82, 2.24) is 0 Å². The number of hydrogen-bond acceptors (Lipinski definition) is 3. The summed E-state index contributed by atoms with van der Waals surface area (Å²) in [4.78, 5) is 21.7. The number of esters is 1. The van der Waals surface area contributed by atoms with Gasteiger partial charge in [0.1, 0.15) is 6.61 Å². The van der Waals surface area contributed by atoms with Gasteiger partial charge in [0, 0.05) is 5.56 Å². The van der Waals surface area contributed by atoms with Crippen molar-refractivity contribution in [2.24, 2.45) is 0 Å². The van der Waals surface area contributed by atoms with E-state index >= 15 is 0 Å². The van der Waals surface area contributed by atoms with Crippen LogP contribution in [-0.4, -0.2) is 18.1 Å². The van der Waals surface area contributed by atoms with Gasteiger partial charge in [-0.05, 0) is 12.1 Å². The quantitative estimate of drug-likeness (QED) is 0.622. The first-order chi connectivity index (χ1) is 8.30. The fourth-order valence-electron chi connectivity index (χ4n) is 1.46. The van der Waals surface area contributed by atoms with Crippen molar-refractivity contribution in [1.29, 1.82) is 0 Å².